The minimum atomic E-state index is 0.639. The third-order valence-corrected chi connectivity index (χ3v) is 4.34. The zero-order chi connectivity index (χ0) is 15.2. The molecule has 0 amide bonds. The van der Waals surface area contributed by atoms with Crippen LogP contribution in [0.4, 0.5) is 0 Å². The Morgan fingerprint density at radius 3 is 2.62 bits per heavy atom. The summed E-state index contributed by atoms with van der Waals surface area (Å²) < 4.78 is 8.23. The number of ether oxygens (including phenoxy) is 1. The highest BCUT2D eigenvalue weighted by Gasteiger charge is 2.08. The Morgan fingerprint density at radius 1 is 1.14 bits per heavy atom. The molecule has 0 aliphatic carbocycles. The molecular formula is C17H19BrINO. The average molecular weight is 460 g/mol. The molecule has 0 atom stereocenters. The lowest BCUT2D eigenvalue weighted by atomic mass is 10.2. The van der Waals surface area contributed by atoms with Gasteiger partial charge in [0, 0.05) is 16.6 Å². The van der Waals surface area contributed by atoms with E-state index in [1.54, 1.807) is 0 Å². The zero-order valence-corrected chi connectivity index (χ0v) is 15.9. The van der Waals surface area contributed by atoms with E-state index in [0.29, 0.717) is 5.92 Å². The van der Waals surface area contributed by atoms with Gasteiger partial charge in [0.1, 0.15) is 11.5 Å². The number of hydrogen-bond acceptors (Lipinski definition) is 2. The average Bonchev–Trinajstić information content (AvgIpc) is 2.43. The van der Waals surface area contributed by atoms with Gasteiger partial charge in [-0.15, -0.1) is 0 Å². The Bertz CT molecular complexity index is 601. The van der Waals surface area contributed by atoms with Crippen LogP contribution in [0.3, 0.4) is 0 Å². The number of hydrogen-bond donors (Lipinski definition) is 1. The van der Waals surface area contributed by atoms with Crippen molar-refractivity contribution in [3.63, 3.8) is 0 Å². The number of halogens is 2. The van der Waals surface area contributed by atoms with Gasteiger partial charge in [0.25, 0.3) is 0 Å². The first-order valence-corrected chi connectivity index (χ1v) is 8.85. The molecule has 21 heavy (non-hydrogen) atoms. The fraction of sp³-hybridized carbons (Fsp3) is 0.294. The Labute approximate surface area is 148 Å². The van der Waals surface area contributed by atoms with Crippen molar-refractivity contribution in [2.75, 3.05) is 6.54 Å². The van der Waals surface area contributed by atoms with Crippen molar-refractivity contribution in [2.24, 2.45) is 5.92 Å². The molecule has 112 valence electrons. The Balaban J connectivity index is 2.17. The van der Waals surface area contributed by atoms with Gasteiger partial charge in [0.05, 0.1) is 3.57 Å². The van der Waals surface area contributed by atoms with Crippen molar-refractivity contribution >= 4 is 38.5 Å². The van der Waals surface area contributed by atoms with E-state index in [2.05, 4.69) is 69.8 Å². The van der Waals surface area contributed by atoms with E-state index in [0.717, 1.165) is 32.6 Å². The molecule has 0 saturated heterocycles. The van der Waals surface area contributed by atoms with Crippen LogP contribution in [0.25, 0.3) is 0 Å². The molecule has 0 aromatic heterocycles. The van der Waals surface area contributed by atoms with Crippen LogP contribution in [0.5, 0.6) is 11.5 Å². The highest BCUT2D eigenvalue weighted by Crippen LogP contribution is 2.31. The normalized spacial score (nSPS) is 10.9. The van der Waals surface area contributed by atoms with Crippen LogP contribution in [-0.2, 0) is 6.54 Å². The van der Waals surface area contributed by atoms with Crippen molar-refractivity contribution in [3.8, 4) is 11.5 Å². The number of benzene rings is 2. The van der Waals surface area contributed by atoms with Gasteiger partial charge in [-0.25, -0.2) is 0 Å². The topological polar surface area (TPSA) is 21.3 Å². The number of nitrogens with one attached hydrogen (secondary N) is 1. The molecular weight excluding hydrogens is 441 g/mol. The molecule has 2 aromatic rings. The van der Waals surface area contributed by atoms with Gasteiger partial charge in [-0.2, -0.15) is 0 Å². The molecule has 0 radical (unpaired) electrons. The standard InChI is InChI=1S/C17H19BrINO/c1-12(2)10-20-11-13-7-8-14(18)9-17(13)21-16-6-4-3-5-15(16)19/h3-9,12,20H,10-11H2,1-2H3. The van der Waals surface area contributed by atoms with Crippen LogP contribution >= 0.6 is 38.5 Å². The van der Waals surface area contributed by atoms with Crippen LogP contribution in [0.1, 0.15) is 19.4 Å². The minimum absolute atomic E-state index is 0.639. The van der Waals surface area contributed by atoms with Gasteiger partial charge in [-0.1, -0.05) is 48.0 Å². The number of para-hydroxylation sites is 1. The molecule has 0 fully saturated rings. The van der Waals surface area contributed by atoms with E-state index in [1.807, 2.05) is 30.3 Å². The van der Waals surface area contributed by atoms with Gasteiger partial charge in [0.2, 0.25) is 0 Å². The highest BCUT2D eigenvalue weighted by atomic mass is 127. The zero-order valence-electron chi connectivity index (χ0n) is 12.2. The summed E-state index contributed by atoms with van der Waals surface area (Å²) in [6, 6.07) is 14.2. The predicted molar refractivity (Wildman–Crippen MR) is 99.9 cm³/mol. The van der Waals surface area contributed by atoms with Crippen molar-refractivity contribution in [2.45, 2.75) is 20.4 Å². The van der Waals surface area contributed by atoms with Crippen LogP contribution in [-0.4, -0.2) is 6.54 Å². The summed E-state index contributed by atoms with van der Waals surface area (Å²) in [4.78, 5) is 0. The van der Waals surface area contributed by atoms with Crippen molar-refractivity contribution in [3.05, 3.63) is 56.1 Å². The van der Waals surface area contributed by atoms with Gasteiger partial charge in [0.15, 0.2) is 0 Å². The molecule has 2 nitrogen and oxygen atoms in total. The molecule has 0 aliphatic heterocycles. The first kappa shape index (κ1) is 16.8. The summed E-state index contributed by atoms with van der Waals surface area (Å²) in [5, 5.41) is 3.46. The van der Waals surface area contributed by atoms with Crippen molar-refractivity contribution in [1.29, 1.82) is 0 Å². The Kier molecular flexibility index (Phi) is 6.51. The van der Waals surface area contributed by atoms with Crippen LogP contribution in [0, 0.1) is 9.49 Å². The molecule has 0 saturated carbocycles. The summed E-state index contributed by atoms with van der Waals surface area (Å²) in [5.41, 5.74) is 1.17. The summed E-state index contributed by atoms with van der Waals surface area (Å²) in [6.45, 7) is 6.22. The van der Waals surface area contributed by atoms with Crippen molar-refractivity contribution < 1.29 is 4.74 Å². The predicted octanol–water partition coefficient (Wildman–Crippen LogP) is 5.59. The maximum Gasteiger partial charge on any atom is 0.140 e. The van der Waals surface area contributed by atoms with Crippen LogP contribution in [0.15, 0.2) is 46.9 Å². The van der Waals surface area contributed by atoms with E-state index in [1.165, 1.54) is 5.56 Å². The largest absolute Gasteiger partial charge is 0.456 e. The van der Waals surface area contributed by atoms with Gasteiger partial charge < -0.3 is 10.1 Å². The maximum absolute atomic E-state index is 6.10. The van der Waals surface area contributed by atoms with E-state index in [-0.39, 0.29) is 0 Å². The molecule has 2 rings (SSSR count). The van der Waals surface area contributed by atoms with E-state index in [4.69, 9.17) is 4.74 Å². The molecule has 0 unspecified atom stereocenters. The Morgan fingerprint density at radius 2 is 1.90 bits per heavy atom. The van der Waals surface area contributed by atoms with E-state index >= 15 is 0 Å². The minimum Gasteiger partial charge on any atom is -0.456 e. The third kappa shape index (κ3) is 5.27. The fourth-order valence-electron chi connectivity index (χ4n) is 1.91. The quantitative estimate of drug-likeness (QED) is 0.568. The first-order chi connectivity index (χ1) is 10.1. The van der Waals surface area contributed by atoms with Gasteiger partial charge in [-0.05, 0) is 59.3 Å². The second-order valence-electron chi connectivity index (χ2n) is 5.31. The SMILES string of the molecule is CC(C)CNCc1ccc(Br)cc1Oc1ccccc1I. The summed E-state index contributed by atoms with van der Waals surface area (Å²) in [5.74, 6) is 2.42. The summed E-state index contributed by atoms with van der Waals surface area (Å²) >= 11 is 5.81. The van der Waals surface area contributed by atoms with Crippen LogP contribution in [0.2, 0.25) is 0 Å². The Hall–Kier alpha value is -0.590. The molecule has 4 heteroatoms. The summed E-state index contributed by atoms with van der Waals surface area (Å²) in [6.07, 6.45) is 0. The smallest absolute Gasteiger partial charge is 0.140 e. The maximum atomic E-state index is 6.10. The first-order valence-electron chi connectivity index (χ1n) is 6.98. The number of rotatable bonds is 6. The van der Waals surface area contributed by atoms with Crippen molar-refractivity contribution in [1.82, 2.24) is 5.32 Å². The molecule has 0 heterocycles. The van der Waals surface area contributed by atoms with E-state index in [9.17, 15) is 0 Å². The van der Waals surface area contributed by atoms with Gasteiger partial charge >= 0.3 is 0 Å². The van der Waals surface area contributed by atoms with E-state index < -0.39 is 0 Å². The molecule has 0 aliphatic rings. The third-order valence-electron chi connectivity index (χ3n) is 2.95. The second-order valence-corrected chi connectivity index (χ2v) is 7.39. The van der Waals surface area contributed by atoms with Crippen LogP contribution < -0.4 is 10.1 Å². The molecule has 0 spiro atoms. The molecule has 2 aromatic carbocycles. The lowest BCUT2D eigenvalue weighted by molar-refractivity contribution is 0.466. The highest BCUT2D eigenvalue weighted by molar-refractivity contribution is 14.1. The fourth-order valence-corrected chi connectivity index (χ4v) is 2.75. The molecule has 1 N–H and O–H groups in total. The molecule has 0 bridgehead atoms. The lowest BCUT2D eigenvalue weighted by Crippen LogP contribution is -2.19. The van der Waals surface area contributed by atoms with Gasteiger partial charge in [-0.3, -0.25) is 0 Å². The monoisotopic (exact) mass is 459 g/mol. The lowest BCUT2D eigenvalue weighted by Gasteiger charge is -2.14. The summed E-state index contributed by atoms with van der Waals surface area (Å²) in [7, 11) is 0. The second kappa shape index (κ2) is 8.15.